The normalized spacial score (nSPS) is 17.8. The van der Waals surface area contributed by atoms with Crippen LogP contribution < -0.4 is 14.9 Å². The predicted molar refractivity (Wildman–Crippen MR) is 148 cm³/mol. The molecule has 36 heavy (non-hydrogen) atoms. The van der Waals surface area contributed by atoms with E-state index in [0.717, 1.165) is 40.3 Å². The molecule has 1 fully saturated rings. The number of sulfonamides is 1. The Kier molecular flexibility index (Phi) is 6.27. The number of nitrogens with one attached hydrogen (secondary N) is 2. The fourth-order valence-corrected chi connectivity index (χ4v) is 5.82. The van der Waals surface area contributed by atoms with Crippen LogP contribution in [0.5, 0.6) is 0 Å². The Morgan fingerprint density at radius 1 is 0.944 bits per heavy atom. The number of benzene rings is 2. The molecule has 2 aromatic heterocycles. The average Bonchev–Trinajstić information content (AvgIpc) is 3.35. The van der Waals surface area contributed by atoms with Crippen LogP contribution in [0.2, 0.25) is 0 Å². The van der Waals surface area contributed by atoms with E-state index in [-0.39, 0.29) is 12.1 Å². The van der Waals surface area contributed by atoms with Crippen molar-refractivity contribution in [3.05, 3.63) is 108 Å². The number of hydrogen-bond donors (Lipinski definition) is 2. The Morgan fingerprint density at radius 3 is 2.28 bits per heavy atom. The SMILES string of the molecule is Cc1cc(C2C(c3ccccn3)NC(=S)N2c2ccc(NS(C)(=O)=O)cc2)c(C)n1-c1ccccc1. The highest BCUT2D eigenvalue weighted by Crippen LogP contribution is 2.43. The first-order valence-corrected chi connectivity index (χ1v) is 13.9. The zero-order chi connectivity index (χ0) is 25.4. The zero-order valence-electron chi connectivity index (χ0n) is 20.2. The zero-order valence-corrected chi connectivity index (χ0v) is 21.8. The van der Waals surface area contributed by atoms with E-state index in [9.17, 15) is 8.42 Å². The third kappa shape index (κ3) is 4.59. The lowest BCUT2D eigenvalue weighted by Gasteiger charge is -2.28. The Hall–Kier alpha value is -3.69. The monoisotopic (exact) mass is 517 g/mol. The van der Waals surface area contributed by atoms with Crippen LogP contribution in [0.15, 0.2) is 85.1 Å². The molecule has 184 valence electrons. The minimum Gasteiger partial charge on any atom is -0.351 e. The lowest BCUT2D eigenvalue weighted by atomic mass is 9.96. The third-order valence-corrected chi connectivity index (χ3v) is 7.27. The summed E-state index contributed by atoms with van der Waals surface area (Å²) in [5.41, 5.74) is 6.74. The molecular formula is C27H27N5O2S2. The molecule has 7 nitrogen and oxygen atoms in total. The van der Waals surface area contributed by atoms with Gasteiger partial charge in [-0.3, -0.25) is 9.71 Å². The van der Waals surface area contributed by atoms with Gasteiger partial charge in [-0.05, 0) is 86.2 Å². The van der Waals surface area contributed by atoms with Crippen molar-refractivity contribution in [2.24, 2.45) is 0 Å². The molecule has 0 radical (unpaired) electrons. The number of aromatic nitrogens is 2. The number of para-hydroxylation sites is 1. The molecule has 0 spiro atoms. The summed E-state index contributed by atoms with van der Waals surface area (Å²) >= 11 is 5.84. The molecule has 9 heteroatoms. The maximum atomic E-state index is 11.7. The molecule has 0 bridgehead atoms. The summed E-state index contributed by atoms with van der Waals surface area (Å²) in [5.74, 6) is 0. The Morgan fingerprint density at radius 2 is 1.64 bits per heavy atom. The van der Waals surface area contributed by atoms with E-state index in [0.29, 0.717) is 10.8 Å². The van der Waals surface area contributed by atoms with Crippen LogP contribution in [0.1, 0.15) is 34.7 Å². The van der Waals surface area contributed by atoms with E-state index in [4.69, 9.17) is 12.2 Å². The van der Waals surface area contributed by atoms with Gasteiger partial charge in [0.1, 0.15) is 0 Å². The van der Waals surface area contributed by atoms with Crippen LogP contribution in [0.3, 0.4) is 0 Å². The molecular weight excluding hydrogens is 490 g/mol. The van der Waals surface area contributed by atoms with E-state index < -0.39 is 10.0 Å². The van der Waals surface area contributed by atoms with Crippen LogP contribution in [0, 0.1) is 13.8 Å². The highest BCUT2D eigenvalue weighted by Gasteiger charge is 2.42. The van der Waals surface area contributed by atoms with Crippen molar-refractivity contribution in [3.8, 4) is 5.69 Å². The van der Waals surface area contributed by atoms with Gasteiger partial charge in [-0.15, -0.1) is 0 Å². The number of rotatable bonds is 6. The van der Waals surface area contributed by atoms with Gasteiger partial charge in [0.25, 0.3) is 0 Å². The second kappa shape index (κ2) is 9.40. The lowest BCUT2D eigenvalue weighted by Crippen LogP contribution is -2.29. The fraction of sp³-hybridized carbons (Fsp3) is 0.185. The smallest absolute Gasteiger partial charge is 0.229 e. The van der Waals surface area contributed by atoms with Gasteiger partial charge < -0.3 is 14.8 Å². The van der Waals surface area contributed by atoms with E-state index in [1.54, 1.807) is 18.3 Å². The minimum atomic E-state index is -3.37. The first kappa shape index (κ1) is 24.0. The molecule has 1 aliphatic heterocycles. The number of nitrogens with zero attached hydrogens (tertiary/aromatic N) is 3. The van der Waals surface area contributed by atoms with Gasteiger partial charge >= 0.3 is 0 Å². The molecule has 2 atom stereocenters. The standard InChI is InChI=1S/C27H27N5O2S2/c1-18-17-23(19(2)31(18)21-9-5-4-6-10-21)26-25(24-11-7-8-16-28-24)29-27(35)32(26)22-14-12-20(13-15-22)30-36(3,33)34/h4-17,25-26,30H,1-3H3,(H,29,35). The largest absolute Gasteiger partial charge is 0.351 e. The summed E-state index contributed by atoms with van der Waals surface area (Å²) in [6.45, 7) is 4.24. The van der Waals surface area contributed by atoms with Crippen LogP contribution in [0.4, 0.5) is 11.4 Å². The van der Waals surface area contributed by atoms with Gasteiger partial charge in [0.2, 0.25) is 10.0 Å². The highest BCUT2D eigenvalue weighted by molar-refractivity contribution is 7.92. The molecule has 0 amide bonds. The Labute approximate surface area is 216 Å². The maximum absolute atomic E-state index is 11.7. The van der Waals surface area contributed by atoms with Crippen LogP contribution in [-0.4, -0.2) is 29.3 Å². The van der Waals surface area contributed by atoms with Gasteiger partial charge in [-0.25, -0.2) is 8.42 Å². The molecule has 2 aromatic carbocycles. The first-order chi connectivity index (χ1) is 17.2. The quantitative estimate of drug-likeness (QED) is 0.349. The van der Waals surface area contributed by atoms with E-state index in [2.05, 4.69) is 56.5 Å². The van der Waals surface area contributed by atoms with Crippen LogP contribution in [0.25, 0.3) is 5.69 Å². The van der Waals surface area contributed by atoms with Crippen molar-refractivity contribution in [2.75, 3.05) is 15.9 Å². The summed E-state index contributed by atoms with van der Waals surface area (Å²) in [6.07, 6.45) is 2.93. The molecule has 1 aliphatic rings. The van der Waals surface area contributed by atoms with Crippen LogP contribution in [-0.2, 0) is 10.0 Å². The fourth-order valence-electron chi connectivity index (χ4n) is 4.91. The molecule has 3 heterocycles. The van der Waals surface area contributed by atoms with Crippen molar-refractivity contribution >= 4 is 38.7 Å². The van der Waals surface area contributed by atoms with E-state index >= 15 is 0 Å². The van der Waals surface area contributed by atoms with Gasteiger partial charge in [-0.2, -0.15) is 0 Å². The van der Waals surface area contributed by atoms with Crippen molar-refractivity contribution in [1.82, 2.24) is 14.9 Å². The van der Waals surface area contributed by atoms with Crippen molar-refractivity contribution < 1.29 is 8.42 Å². The lowest BCUT2D eigenvalue weighted by molar-refractivity contribution is 0.565. The van der Waals surface area contributed by atoms with Crippen molar-refractivity contribution in [3.63, 3.8) is 0 Å². The number of pyridine rings is 1. The van der Waals surface area contributed by atoms with Crippen LogP contribution >= 0.6 is 12.2 Å². The number of aryl methyl sites for hydroxylation is 1. The van der Waals surface area contributed by atoms with Gasteiger partial charge in [0.05, 0.1) is 24.0 Å². The molecule has 0 aliphatic carbocycles. The molecule has 2 N–H and O–H groups in total. The maximum Gasteiger partial charge on any atom is 0.229 e. The molecule has 5 rings (SSSR count). The van der Waals surface area contributed by atoms with E-state index in [1.807, 2.05) is 48.5 Å². The second-order valence-electron chi connectivity index (χ2n) is 8.92. The van der Waals surface area contributed by atoms with Gasteiger partial charge in [-0.1, -0.05) is 24.3 Å². The van der Waals surface area contributed by atoms with E-state index in [1.165, 1.54) is 0 Å². The van der Waals surface area contributed by atoms with Gasteiger partial charge in [0, 0.05) is 34.6 Å². The molecule has 4 aromatic rings. The summed E-state index contributed by atoms with van der Waals surface area (Å²) in [5, 5.41) is 4.08. The average molecular weight is 518 g/mol. The molecule has 2 unspecified atom stereocenters. The van der Waals surface area contributed by atoms with Crippen molar-refractivity contribution in [1.29, 1.82) is 0 Å². The molecule has 0 saturated carbocycles. The number of anilines is 2. The predicted octanol–water partition coefficient (Wildman–Crippen LogP) is 5.04. The van der Waals surface area contributed by atoms with Crippen molar-refractivity contribution in [2.45, 2.75) is 25.9 Å². The van der Waals surface area contributed by atoms with Gasteiger partial charge in [0.15, 0.2) is 5.11 Å². The summed E-state index contributed by atoms with van der Waals surface area (Å²) < 4.78 is 28.1. The number of thiocarbonyl (C=S) groups is 1. The second-order valence-corrected chi connectivity index (χ2v) is 11.1. The highest BCUT2D eigenvalue weighted by atomic mass is 32.2. The topological polar surface area (TPSA) is 79.3 Å². The summed E-state index contributed by atoms with van der Waals surface area (Å²) in [4.78, 5) is 6.73. The summed E-state index contributed by atoms with van der Waals surface area (Å²) in [6, 6.07) is 25.3. The molecule has 1 saturated heterocycles. The summed E-state index contributed by atoms with van der Waals surface area (Å²) in [7, 11) is -3.37. The first-order valence-electron chi connectivity index (χ1n) is 11.6. The number of hydrogen-bond acceptors (Lipinski definition) is 4. The Bertz CT molecular complexity index is 1500. The minimum absolute atomic E-state index is 0.162. The Balaban J connectivity index is 1.62. The third-order valence-electron chi connectivity index (χ3n) is 6.35.